The Balaban J connectivity index is 2.23. The zero-order valence-corrected chi connectivity index (χ0v) is 11.8. The molecule has 0 amide bonds. The van der Waals surface area contributed by atoms with Crippen LogP contribution in [0, 0.1) is 6.92 Å². The standard InChI is InChI=1S/C14H22N4O/c1-4-14-12(6-7-19-14)13(16-15)9-11-8-10(3)17-18(11)5-2/h6-8,13,16H,4-5,9,15H2,1-3H3. The molecule has 2 aromatic heterocycles. The fourth-order valence-electron chi connectivity index (χ4n) is 2.45. The summed E-state index contributed by atoms with van der Waals surface area (Å²) in [6.45, 7) is 7.05. The molecule has 0 saturated heterocycles. The van der Waals surface area contributed by atoms with E-state index in [1.807, 2.05) is 17.7 Å². The molecule has 0 aliphatic heterocycles. The molecule has 0 aliphatic carbocycles. The number of hydrogen-bond donors (Lipinski definition) is 2. The third kappa shape index (κ3) is 2.88. The van der Waals surface area contributed by atoms with Crippen molar-refractivity contribution in [3.8, 4) is 0 Å². The van der Waals surface area contributed by atoms with Crippen LogP contribution < -0.4 is 11.3 Å². The van der Waals surface area contributed by atoms with Crippen LogP contribution in [0.25, 0.3) is 0 Å². The van der Waals surface area contributed by atoms with E-state index in [0.29, 0.717) is 0 Å². The largest absolute Gasteiger partial charge is 0.469 e. The summed E-state index contributed by atoms with van der Waals surface area (Å²) in [4.78, 5) is 0. The average Bonchev–Trinajstić information content (AvgIpc) is 3.01. The molecule has 2 aromatic rings. The minimum Gasteiger partial charge on any atom is -0.469 e. The van der Waals surface area contributed by atoms with Crippen molar-refractivity contribution in [3.63, 3.8) is 0 Å². The van der Waals surface area contributed by atoms with E-state index in [9.17, 15) is 0 Å². The molecule has 0 bridgehead atoms. The molecule has 0 saturated carbocycles. The van der Waals surface area contributed by atoms with Crippen LogP contribution in [0.1, 0.15) is 42.6 Å². The van der Waals surface area contributed by atoms with E-state index < -0.39 is 0 Å². The minimum atomic E-state index is 0.0510. The van der Waals surface area contributed by atoms with E-state index in [-0.39, 0.29) is 6.04 Å². The van der Waals surface area contributed by atoms with Crippen molar-refractivity contribution in [3.05, 3.63) is 41.1 Å². The van der Waals surface area contributed by atoms with Gasteiger partial charge in [0.25, 0.3) is 0 Å². The first kappa shape index (κ1) is 13.8. The highest BCUT2D eigenvalue weighted by molar-refractivity contribution is 5.24. The van der Waals surface area contributed by atoms with Crippen molar-refractivity contribution in [2.45, 2.75) is 46.2 Å². The van der Waals surface area contributed by atoms with E-state index in [1.54, 1.807) is 6.26 Å². The number of hydrogen-bond acceptors (Lipinski definition) is 4. The Labute approximate surface area is 113 Å². The van der Waals surface area contributed by atoms with E-state index >= 15 is 0 Å². The van der Waals surface area contributed by atoms with Crippen LogP contribution in [0.15, 0.2) is 22.8 Å². The van der Waals surface area contributed by atoms with Crippen LogP contribution in [-0.2, 0) is 19.4 Å². The zero-order chi connectivity index (χ0) is 13.8. The average molecular weight is 262 g/mol. The number of furan rings is 1. The Hall–Kier alpha value is -1.59. The second kappa shape index (κ2) is 6.04. The third-order valence-electron chi connectivity index (χ3n) is 3.38. The van der Waals surface area contributed by atoms with Gasteiger partial charge in [-0.15, -0.1) is 0 Å². The number of nitrogens with two attached hydrogens (primary N) is 1. The maximum absolute atomic E-state index is 5.71. The monoisotopic (exact) mass is 262 g/mol. The molecule has 104 valence electrons. The summed E-state index contributed by atoms with van der Waals surface area (Å²) in [5.41, 5.74) is 6.24. The van der Waals surface area contributed by atoms with Crippen molar-refractivity contribution in [2.75, 3.05) is 0 Å². The molecule has 0 spiro atoms. The van der Waals surface area contributed by atoms with Gasteiger partial charge < -0.3 is 4.42 Å². The normalized spacial score (nSPS) is 12.8. The summed E-state index contributed by atoms with van der Waals surface area (Å²) in [7, 11) is 0. The molecule has 0 radical (unpaired) electrons. The fraction of sp³-hybridized carbons (Fsp3) is 0.500. The summed E-state index contributed by atoms with van der Waals surface area (Å²) in [6, 6.07) is 4.15. The first-order chi connectivity index (χ1) is 9.19. The molecule has 5 nitrogen and oxygen atoms in total. The molecule has 0 aromatic carbocycles. The lowest BCUT2D eigenvalue weighted by Crippen LogP contribution is -2.30. The summed E-state index contributed by atoms with van der Waals surface area (Å²) >= 11 is 0. The molecule has 0 fully saturated rings. The molecule has 2 rings (SSSR count). The number of nitrogens with zero attached hydrogens (tertiary/aromatic N) is 2. The Bertz CT molecular complexity index is 529. The number of aryl methyl sites for hydroxylation is 3. The highest BCUT2D eigenvalue weighted by Crippen LogP contribution is 2.23. The molecule has 3 N–H and O–H groups in total. The molecule has 0 aliphatic rings. The highest BCUT2D eigenvalue weighted by Gasteiger charge is 2.18. The second-order valence-corrected chi connectivity index (χ2v) is 4.67. The van der Waals surface area contributed by atoms with E-state index in [1.165, 1.54) is 5.69 Å². The molecule has 2 heterocycles. The van der Waals surface area contributed by atoms with Crippen LogP contribution in [0.4, 0.5) is 0 Å². The molecule has 19 heavy (non-hydrogen) atoms. The Morgan fingerprint density at radius 3 is 2.89 bits per heavy atom. The Morgan fingerprint density at radius 1 is 1.47 bits per heavy atom. The summed E-state index contributed by atoms with van der Waals surface area (Å²) < 4.78 is 7.50. The summed E-state index contributed by atoms with van der Waals surface area (Å²) in [5.74, 6) is 6.70. The van der Waals surface area contributed by atoms with Gasteiger partial charge in [-0.1, -0.05) is 6.92 Å². The summed E-state index contributed by atoms with van der Waals surface area (Å²) in [5, 5.41) is 4.47. The van der Waals surface area contributed by atoms with Gasteiger partial charge in [0.05, 0.1) is 18.0 Å². The fourth-order valence-corrected chi connectivity index (χ4v) is 2.45. The molecular formula is C14H22N4O. The maximum atomic E-state index is 5.71. The maximum Gasteiger partial charge on any atom is 0.108 e. The molecule has 1 atom stereocenters. The van der Waals surface area contributed by atoms with E-state index in [4.69, 9.17) is 10.3 Å². The molecular weight excluding hydrogens is 240 g/mol. The van der Waals surface area contributed by atoms with Gasteiger partial charge in [0.1, 0.15) is 5.76 Å². The lowest BCUT2D eigenvalue weighted by atomic mass is 10.0. The number of rotatable bonds is 6. The number of hydrazine groups is 1. The van der Waals surface area contributed by atoms with Crippen LogP contribution in [0.3, 0.4) is 0 Å². The van der Waals surface area contributed by atoms with Gasteiger partial charge in [-0.2, -0.15) is 5.10 Å². The van der Waals surface area contributed by atoms with E-state index in [2.05, 4.69) is 30.4 Å². The van der Waals surface area contributed by atoms with Gasteiger partial charge in [-0.3, -0.25) is 16.0 Å². The van der Waals surface area contributed by atoms with Crippen molar-refractivity contribution in [1.29, 1.82) is 0 Å². The lowest BCUT2D eigenvalue weighted by Gasteiger charge is -2.16. The number of aromatic nitrogens is 2. The van der Waals surface area contributed by atoms with Crippen LogP contribution in [0.5, 0.6) is 0 Å². The van der Waals surface area contributed by atoms with Gasteiger partial charge in [-0.25, -0.2) is 0 Å². The van der Waals surface area contributed by atoms with Crippen LogP contribution in [-0.4, -0.2) is 9.78 Å². The van der Waals surface area contributed by atoms with Crippen LogP contribution in [0.2, 0.25) is 0 Å². The van der Waals surface area contributed by atoms with Gasteiger partial charge >= 0.3 is 0 Å². The lowest BCUT2D eigenvalue weighted by molar-refractivity contribution is 0.478. The van der Waals surface area contributed by atoms with Gasteiger partial charge in [0, 0.05) is 30.6 Å². The predicted octanol–water partition coefficient (Wildman–Crippen LogP) is 2.11. The van der Waals surface area contributed by atoms with Gasteiger partial charge in [0.2, 0.25) is 0 Å². The van der Waals surface area contributed by atoms with Crippen LogP contribution >= 0.6 is 0 Å². The molecule has 5 heteroatoms. The quantitative estimate of drug-likeness (QED) is 0.618. The Morgan fingerprint density at radius 2 is 2.26 bits per heavy atom. The summed E-state index contributed by atoms with van der Waals surface area (Å²) in [6.07, 6.45) is 3.39. The van der Waals surface area contributed by atoms with Crippen molar-refractivity contribution in [2.24, 2.45) is 5.84 Å². The topological polar surface area (TPSA) is 69.0 Å². The SMILES string of the molecule is CCc1occc1C(Cc1cc(C)nn1CC)NN. The van der Waals surface area contributed by atoms with Crippen molar-refractivity contribution >= 4 is 0 Å². The highest BCUT2D eigenvalue weighted by atomic mass is 16.3. The second-order valence-electron chi connectivity index (χ2n) is 4.67. The third-order valence-corrected chi connectivity index (χ3v) is 3.38. The smallest absolute Gasteiger partial charge is 0.108 e. The van der Waals surface area contributed by atoms with Crippen molar-refractivity contribution in [1.82, 2.24) is 15.2 Å². The molecule has 1 unspecified atom stereocenters. The Kier molecular flexibility index (Phi) is 4.39. The first-order valence-electron chi connectivity index (χ1n) is 6.75. The minimum absolute atomic E-state index is 0.0510. The van der Waals surface area contributed by atoms with Crippen molar-refractivity contribution < 1.29 is 4.42 Å². The first-order valence-corrected chi connectivity index (χ1v) is 6.75. The van der Waals surface area contributed by atoms with Gasteiger partial charge in [0.15, 0.2) is 0 Å². The van der Waals surface area contributed by atoms with E-state index in [0.717, 1.165) is 36.4 Å². The van der Waals surface area contributed by atoms with Gasteiger partial charge in [-0.05, 0) is 26.0 Å². The number of nitrogens with one attached hydrogen (secondary N) is 1. The zero-order valence-electron chi connectivity index (χ0n) is 11.8. The predicted molar refractivity (Wildman–Crippen MR) is 74.5 cm³/mol.